The Bertz CT molecular complexity index is 854. The van der Waals surface area contributed by atoms with Gasteiger partial charge in [-0.2, -0.15) is 0 Å². The average molecular weight is 327 g/mol. The zero-order valence-electron chi connectivity index (χ0n) is 12.8. The van der Waals surface area contributed by atoms with E-state index in [-0.39, 0.29) is 5.91 Å². The molecule has 3 rings (SSSR count). The second-order valence-electron chi connectivity index (χ2n) is 5.15. The molecule has 2 aromatic carbocycles. The lowest BCUT2D eigenvalue weighted by Gasteiger charge is -2.07. The van der Waals surface area contributed by atoms with Crippen molar-refractivity contribution < 1.29 is 9.21 Å². The van der Waals surface area contributed by atoms with Crippen LogP contribution >= 0.6 is 11.6 Å². The summed E-state index contributed by atoms with van der Waals surface area (Å²) in [6.07, 6.45) is 0. The lowest BCUT2D eigenvalue weighted by atomic mass is 10.1. The summed E-state index contributed by atoms with van der Waals surface area (Å²) < 4.78 is 5.44. The number of nitrogens with one attached hydrogen (secondary N) is 1. The van der Waals surface area contributed by atoms with E-state index < -0.39 is 0 Å². The summed E-state index contributed by atoms with van der Waals surface area (Å²) in [5, 5.41) is 3.26. The fraction of sp³-hybridized carbons (Fsp3) is 0.111. The highest BCUT2D eigenvalue weighted by Crippen LogP contribution is 2.25. The van der Waals surface area contributed by atoms with E-state index in [0.29, 0.717) is 22.2 Å². The summed E-state index contributed by atoms with van der Waals surface area (Å²) in [5.41, 5.74) is 2.89. The van der Waals surface area contributed by atoms with Gasteiger partial charge >= 0.3 is 0 Å². The molecule has 0 aliphatic carbocycles. The van der Waals surface area contributed by atoms with Gasteiger partial charge in [0, 0.05) is 18.2 Å². The predicted octanol–water partition coefficient (Wildman–Crippen LogP) is 4.86. The number of aryl methyl sites for hydroxylation is 2. The van der Waals surface area contributed by atoms with Crippen LogP contribution in [0.4, 0.5) is 5.69 Å². The molecule has 116 valence electrons. The first-order valence-electron chi connectivity index (χ1n) is 7.15. The van der Waals surface area contributed by atoms with Gasteiger partial charge in [0.1, 0.15) is 11.5 Å². The Kier molecular flexibility index (Phi) is 4.17. The number of rotatable bonds is 3. The summed E-state index contributed by atoms with van der Waals surface area (Å²) in [7, 11) is 0. The molecule has 0 saturated carbocycles. The van der Waals surface area contributed by atoms with E-state index in [1.165, 1.54) is 0 Å². The van der Waals surface area contributed by atoms with E-state index in [4.69, 9.17) is 16.0 Å². The molecule has 4 nitrogen and oxygen atoms in total. The van der Waals surface area contributed by atoms with E-state index in [1.54, 1.807) is 24.3 Å². The highest BCUT2D eigenvalue weighted by atomic mass is 35.5. The number of halogens is 1. The molecule has 0 atom stereocenters. The summed E-state index contributed by atoms with van der Waals surface area (Å²) >= 11 is 6.03. The number of amides is 1. The third-order valence-electron chi connectivity index (χ3n) is 3.44. The average Bonchev–Trinajstić information content (AvgIpc) is 2.87. The first-order valence-corrected chi connectivity index (χ1v) is 7.53. The topological polar surface area (TPSA) is 55.1 Å². The van der Waals surface area contributed by atoms with Crippen LogP contribution in [0.3, 0.4) is 0 Å². The van der Waals surface area contributed by atoms with Crippen LogP contribution in [0.1, 0.15) is 22.0 Å². The van der Waals surface area contributed by atoms with Crippen LogP contribution in [0, 0.1) is 13.8 Å². The van der Waals surface area contributed by atoms with Crippen molar-refractivity contribution in [3.63, 3.8) is 0 Å². The molecule has 0 aliphatic rings. The number of carbonyl (C=O) groups excluding carboxylic acids is 1. The monoisotopic (exact) mass is 326 g/mol. The molecule has 1 N–H and O–H groups in total. The number of hydrogen-bond donors (Lipinski definition) is 1. The standard InChI is InChI=1S/C18H15ClN2O2/c1-11-17(20-12(2)23-11)13-7-9-14(10-8-13)21-18(22)15-5-3-4-6-16(15)19/h3-10H,1-2H3,(H,21,22). The van der Waals surface area contributed by atoms with Gasteiger partial charge in [-0.3, -0.25) is 4.79 Å². The van der Waals surface area contributed by atoms with E-state index >= 15 is 0 Å². The third kappa shape index (κ3) is 3.27. The van der Waals surface area contributed by atoms with Gasteiger partial charge < -0.3 is 9.73 Å². The quantitative estimate of drug-likeness (QED) is 0.747. The molecule has 0 aliphatic heterocycles. The zero-order valence-corrected chi connectivity index (χ0v) is 13.5. The van der Waals surface area contributed by atoms with Gasteiger partial charge in [0.25, 0.3) is 5.91 Å². The molecule has 0 bridgehead atoms. The molecule has 0 radical (unpaired) electrons. The first kappa shape index (κ1) is 15.3. The molecule has 3 aromatic rings. The van der Waals surface area contributed by atoms with Crippen molar-refractivity contribution in [1.82, 2.24) is 4.98 Å². The van der Waals surface area contributed by atoms with E-state index in [9.17, 15) is 4.79 Å². The molecular formula is C18H15ClN2O2. The molecule has 0 fully saturated rings. The Hall–Kier alpha value is -2.59. The van der Waals surface area contributed by atoms with Crippen LogP contribution in [0.25, 0.3) is 11.3 Å². The van der Waals surface area contributed by atoms with Crippen LogP contribution in [-0.2, 0) is 0 Å². The van der Waals surface area contributed by atoms with Gasteiger partial charge in [-0.25, -0.2) is 4.98 Å². The van der Waals surface area contributed by atoms with Crippen LogP contribution in [0.15, 0.2) is 52.9 Å². The van der Waals surface area contributed by atoms with Crippen molar-refractivity contribution in [2.45, 2.75) is 13.8 Å². The van der Waals surface area contributed by atoms with Crippen LogP contribution in [0.2, 0.25) is 5.02 Å². The number of nitrogens with zero attached hydrogens (tertiary/aromatic N) is 1. The fourth-order valence-electron chi connectivity index (χ4n) is 2.35. The highest BCUT2D eigenvalue weighted by Gasteiger charge is 2.11. The molecule has 5 heteroatoms. The Morgan fingerprint density at radius 2 is 1.78 bits per heavy atom. The van der Waals surface area contributed by atoms with Gasteiger partial charge in [-0.1, -0.05) is 35.9 Å². The number of carbonyl (C=O) groups is 1. The Labute approximate surface area is 139 Å². The van der Waals surface area contributed by atoms with E-state index in [0.717, 1.165) is 17.0 Å². The number of benzene rings is 2. The predicted molar refractivity (Wildman–Crippen MR) is 90.8 cm³/mol. The van der Waals surface area contributed by atoms with Gasteiger partial charge in [0.05, 0.1) is 10.6 Å². The SMILES string of the molecule is Cc1nc(-c2ccc(NC(=O)c3ccccc3Cl)cc2)c(C)o1. The smallest absolute Gasteiger partial charge is 0.257 e. The van der Waals surface area contributed by atoms with Crippen LogP contribution in [0.5, 0.6) is 0 Å². The van der Waals surface area contributed by atoms with Crippen molar-refractivity contribution in [1.29, 1.82) is 0 Å². The lowest BCUT2D eigenvalue weighted by Crippen LogP contribution is -2.12. The summed E-state index contributed by atoms with van der Waals surface area (Å²) in [6, 6.07) is 14.4. The first-order chi connectivity index (χ1) is 11.0. The molecule has 0 unspecified atom stereocenters. The van der Waals surface area contributed by atoms with E-state index in [2.05, 4.69) is 10.3 Å². The maximum absolute atomic E-state index is 12.2. The zero-order chi connectivity index (χ0) is 16.4. The maximum Gasteiger partial charge on any atom is 0.257 e. The number of hydrogen-bond acceptors (Lipinski definition) is 3. The van der Waals surface area contributed by atoms with Gasteiger partial charge in [-0.05, 0) is 31.2 Å². The number of anilines is 1. The van der Waals surface area contributed by atoms with Crippen molar-refractivity contribution in [3.05, 3.63) is 70.8 Å². The lowest BCUT2D eigenvalue weighted by molar-refractivity contribution is 0.102. The number of aromatic nitrogens is 1. The summed E-state index contributed by atoms with van der Waals surface area (Å²) in [6.45, 7) is 3.69. The van der Waals surface area contributed by atoms with Gasteiger partial charge in [0.15, 0.2) is 5.89 Å². The largest absolute Gasteiger partial charge is 0.446 e. The van der Waals surface area contributed by atoms with Gasteiger partial charge in [0.2, 0.25) is 0 Å². The summed E-state index contributed by atoms with van der Waals surface area (Å²) in [5.74, 6) is 1.17. The molecule has 1 amide bonds. The minimum Gasteiger partial charge on any atom is -0.446 e. The Balaban J connectivity index is 1.79. The minimum atomic E-state index is -0.239. The van der Waals surface area contributed by atoms with E-state index in [1.807, 2.05) is 38.1 Å². The molecule has 23 heavy (non-hydrogen) atoms. The second kappa shape index (κ2) is 6.26. The highest BCUT2D eigenvalue weighted by molar-refractivity contribution is 6.34. The van der Waals surface area contributed by atoms with Crippen LogP contribution in [-0.4, -0.2) is 10.9 Å². The third-order valence-corrected chi connectivity index (χ3v) is 3.77. The van der Waals surface area contributed by atoms with Crippen LogP contribution < -0.4 is 5.32 Å². The normalized spacial score (nSPS) is 10.6. The van der Waals surface area contributed by atoms with Gasteiger partial charge in [-0.15, -0.1) is 0 Å². The molecule has 1 heterocycles. The minimum absolute atomic E-state index is 0.239. The second-order valence-corrected chi connectivity index (χ2v) is 5.56. The number of oxazole rings is 1. The fourth-order valence-corrected chi connectivity index (χ4v) is 2.57. The van der Waals surface area contributed by atoms with Crippen molar-refractivity contribution in [2.75, 3.05) is 5.32 Å². The molecular weight excluding hydrogens is 312 g/mol. The Morgan fingerprint density at radius 1 is 1.09 bits per heavy atom. The van der Waals surface area contributed by atoms with Crippen molar-refractivity contribution in [3.8, 4) is 11.3 Å². The molecule has 0 saturated heterocycles. The molecule has 1 aromatic heterocycles. The Morgan fingerprint density at radius 3 is 2.39 bits per heavy atom. The summed E-state index contributed by atoms with van der Waals surface area (Å²) in [4.78, 5) is 16.6. The molecule has 0 spiro atoms. The van der Waals surface area contributed by atoms with Crippen molar-refractivity contribution in [2.24, 2.45) is 0 Å². The maximum atomic E-state index is 12.2. The van der Waals surface area contributed by atoms with Crippen molar-refractivity contribution >= 4 is 23.2 Å².